The second-order valence-corrected chi connectivity index (χ2v) is 8.21. The van der Waals surface area contributed by atoms with E-state index in [0.29, 0.717) is 29.2 Å². The zero-order valence-electron chi connectivity index (χ0n) is 16.2. The molecule has 1 spiro atoms. The molecule has 1 saturated heterocycles. The van der Waals surface area contributed by atoms with Crippen LogP contribution in [0.3, 0.4) is 0 Å². The maximum Gasteiger partial charge on any atom is 0.425 e. The first-order chi connectivity index (χ1) is 14.2. The number of likely N-dealkylation sites (tertiary alicyclic amines) is 1. The third kappa shape index (κ3) is 2.80. The molecular formula is C22H23N3O4. The molecule has 1 saturated carbocycles. The average molecular weight is 393 g/mol. The molecule has 7 nitrogen and oxygen atoms in total. The van der Waals surface area contributed by atoms with Crippen molar-refractivity contribution in [2.24, 2.45) is 0 Å². The molecule has 0 radical (unpaired) electrons. The number of benzene rings is 1. The normalized spacial score (nSPS) is 21.7. The Kier molecular flexibility index (Phi) is 3.82. The fourth-order valence-electron chi connectivity index (χ4n) is 4.64. The maximum atomic E-state index is 12.4. The lowest BCUT2D eigenvalue weighted by Gasteiger charge is -2.47. The number of aromatic nitrogens is 2. The van der Waals surface area contributed by atoms with Crippen LogP contribution in [-0.4, -0.2) is 39.4 Å². The molecule has 2 aliphatic heterocycles. The molecule has 4 heterocycles. The van der Waals surface area contributed by atoms with Crippen molar-refractivity contribution >= 4 is 11.1 Å². The summed E-state index contributed by atoms with van der Waals surface area (Å²) in [4.78, 5) is 19.6. The first-order valence-electron chi connectivity index (χ1n) is 10.4. The van der Waals surface area contributed by atoms with Crippen LogP contribution in [0.2, 0.25) is 0 Å². The van der Waals surface area contributed by atoms with E-state index < -0.39 is 11.5 Å². The van der Waals surface area contributed by atoms with Crippen molar-refractivity contribution in [2.75, 3.05) is 13.1 Å². The summed E-state index contributed by atoms with van der Waals surface area (Å²) in [7, 11) is 0. The number of piperidine rings is 1. The van der Waals surface area contributed by atoms with Gasteiger partial charge < -0.3 is 13.9 Å². The van der Waals surface area contributed by atoms with Crippen molar-refractivity contribution in [3.05, 3.63) is 52.6 Å². The molecule has 0 atom stereocenters. The highest BCUT2D eigenvalue weighted by Gasteiger charge is 2.43. The molecule has 2 aromatic heterocycles. The number of oxazole rings is 1. The number of ether oxygens (including phenoxy) is 2. The second kappa shape index (κ2) is 6.43. The van der Waals surface area contributed by atoms with Gasteiger partial charge in [0.2, 0.25) is 5.79 Å². The summed E-state index contributed by atoms with van der Waals surface area (Å²) >= 11 is 0. The summed E-state index contributed by atoms with van der Waals surface area (Å²) in [5.41, 5.74) is 1.95. The van der Waals surface area contributed by atoms with Crippen LogP contribution in [0.5, 0.6) is 5.75 Å². The first kappa shape index (κ1) is 17.2. The van der Waals surface area contributed by atoms with Crippen LogP contribution < -0.4 is 10.5 Å². The Hall–Kier alpha value is -2.64. The number of fused-ring (bicyclic) bond motifs is 2. The molecule has 3 aliphatic rings. The van der Waals surface area contributed by atoms with E-state index in [4.69, 9.17) is 13.9 Å². The van der Waals surface area contributed by atoms with Crippen molar-refractivity contribution in [2.45, 2.75) is 50.5 Å². The summed E-state index contributed by atoms with van der Waals surface area (Å²) in [6.45, 7) is 2.42. The second-order valence-electron chi connectivity index (χ2n) is 8.21. The standard InChI is InChI=1S/C22H23N3O4/c26-21-25(17-6-1-2-7-19(17)28-21)20-9-8-18-16(23-20)14-27-22(29-18)10-12-24(13-11-22)15-4-3-5-15/h1-2,6-9,15H,3-5,10-14H2. The highest BCUT2D eigenvalue weighted by Crippen LogP contribution is 2.39. The van der Waals surface area contributed by atoms with Crippen LogP contribution in [-0.2, 0) is 11.3 Å². The fraction of sp³-hybridized carbons (Fsp3) is 0.455. The molecule has 0 N–H and O–H groups in total. The van der Waals surface area contributed by atoms with Gasteiger partial charge in [0.15, 0.2) is 5.58 Å². The molecule has 0 amide bonds. The van der Waals surface area contributed by atoms with Crippen LogP contribution in [0, 0.1) is 0 Å². The third-order valence-corrected chi connectivity index (χ3v) is 6.55. The quantitative estimate of drug-likeness (QED) is 0.666. The van der Waals surface area contributed by atoms with Crippen LogP contribution >= 0.6 is 0 Å². The van der Waals surface area contributed by atoms with E-state index in [1.807, 2.05) is 30.3 Å². The van der Waals surface area contributed by atoms with E-state index in [0.717, 1.165) is 37.7 Å². The molecule has 3 aromatic rings. The highest BCUT2D eigenvalue weighted by atomic mass is 16.7. The SMILES string of the molecule is O=c1oc2ccccc2n1-c1ccc2c(n1)COC1(CCN(C3CCC3)CC1)O2. The van der Waals surface area contributed by atoms with Crippen molar-refractivity contribution in [3.63, 3.8) is 0 Å². The summed E-state index contributed by atoms with van der Waals surface area (Å²) in [6, 6.07) is 11.8. The van der Waals surface area contributed by atoms with E-state index in [-0.39, 0.29) is 0 Å². The van der Waals surface area contributed by atoms with Gasteiger partial charge in [0.1, 0.15) is 17.3 Å². The van der Waals surface area contributed by atoms with E-state index in [2.05, 4.69) is 9.88 Å². The molecular weight excluding hydrogens is 370 g/mol. The van der Waals surface area contributed by atoms with Crippen LogP contribution in [0.25, 0.3) is 16.9 Å². The van der Waals surface area contributed by atoms with Crippen molar-refractivity contribution in [3.8, 4) is 11.6 Å². The van der Waals surface area contributed by atoms with Gasteiger partial charge in [-0.05, 0) is 37.1 Å². The largest absolute Gasteiger partial charge is 0.460 e. The number of nitrogens with zero attached hydrogens (tertiary/aromatic N) is 3. The molecule has 0 unspecified atom stereocenters. The summed E-state index contributed by atoms with van der Waals surface area (Å²) in [5.74, 6) is 0.269. The van der Waals surface area contributed by atoms with Crippen molar-refractivity contribution < 1.29 is 13.9 Å². The number of rotatable bonds is 2. The third-order valence-electron chi connectivity index (χ3n) is 6.55. The Morgan fingerprint density at radius 2 is 1.90 bits per heavy atom. The predicted molar refractivity (Wildman–Crippen MR) is 106 cm³/mol. The molecule has 7 heteroatoms. The Balaban J connectivity index is 1.26. The van der Waals surface area contributed by atoms with Crippen LogP contribution in [0.4, 0.5) is 0 Å². The zero-order valence-corrected chi connectivity index (χ0v) is 16.2. The Morgan fingerprint density at radius 1 is 1.07 bits per heavy atom. The number of para-hydroxylation sites is 2. The predicted octanol–water partition coefficient (Wildman–Crippen LogP) is 3.23. The number of pyridine rings is 1. The fourth-order valence-corrected chi connectivity index (χ4v) is 4.64. The lowest BCUT2D eigenvalue weighted by atomic mass is 9.89. The molecule has 29 heavy (non-hydrogen) atoms. The van der Waals surface area contributed by atoms with Gasteiger partial charge in [-0.2, -0.15) is 0 Å². The van der Waals surface area contributed by atoms with Gasteiger partial charge in [-0.25, -0.2) is 14.3 Å². The average Bonchev–Trinajstić information content (AvgIpc) is 3.04. The number of hydrogen-bond donors (Lipinski definition) is 0. The van der Waals surface area contributed by atoms with Gasteiger partial charge in [-0.15, -0.1) is 0 Å². The monoisotopic (exact) mass is 393 g/mol. The Labute approximate surface area is 167 Å². The summed E-state index contributed by atoms with van der Waals surface area (Å²) in [6.07, 6.45) is 5.75. The smallest absolute Gasteiger partial charge is 0.425 e. The molecule has 0 bridgehead atoms. The van der Waals surface area contributed by atoms with E-state index in [1.165, 1.54) is 23.8 Å². The molecule has 6 rings (SSSR count). The Bertz CT molecular complexity index is 1120. The molecule has 2 fully saturated rings. The van der Waals surface area contributed by atoms with E-state index in [1.54, 1.807) is 6.07 Å². The van der Waals surface area contributed by atoms with Gasteiger partial charge in [0.25, 0.3) is 0 Å². The van der Waals surface area contributed by atoms with Crippen molar-refractivity contribution in [1.29, 1.82) is 0 Å². The van der Waals surface area contributed by atoms with E-state index >= 15 is 0 Å². The van der Waals surface area contributed by atoms with Gasteiger partial charge >= 0.3 is 5.76 Å². The van der Waals surface area contributed by atoms with Crippen LogP contribution in [0.1, 0.15) is 37.8 Å². The van der Waals surface area contributed by atoms with Gasteiger partial charge in [0, 0.05) is 32.0 Å². The molecule has 1 aromatic carbocycles. The maximum absolute atomic E-state index is 12.4. The van der Waals surface area contributed by atoms with Gasteiger partial charge in [0.05, 0.1) is 12.1 Å². The zero-order chi connectivity index (χ0) is 19.4. The minimum atomic E-state index is -0.546. The molecule has 150 valence electrons. The minimum Gasteiger partial charge on any atom is -0.460 e. The molecule has 1 aliphatic carbocycles. The highest BCUT2D eigenvalue weighted by molar-refractivity contribution is 5.74. The lowest BCUT2D eigenvalue weighted by Crippen LogP contribution is -2.54. The van der Waals surface area contributed by atoms with Crippen LogP contribution in [0.15, 0.2) is 45.6 Å². The van der Waals surface area contributed by atoms with Gasteiger partial charge in [-0.1, -0.05) is 18.6 Å². The Morgan fingerprint density at radius 3 is 2.69 bits per heavy atom. The lowest BCUT2D eigenvalue weighted by molar-refractivity contribution is -0.232. The van der Waals surface area contributed by atoms with Gasteiger partial charge in [-0.3, -0.25) is 4.90 Å². The summed E-state index contributed by atoms with van der Waals surface area (Å²) in [5, 5.41) is 0. The first-order valence-corrected chi connectivity index (χ1v) is 10.4. The van der Waals surface area contributed by atoms with E-state index in [9.17, 15) is 4.79 Å². The summed E-state index contributed by atoms with van der Waals surface area (Å²) < 4.78 is 19.3. The van der Waals surface area contributed by atoms with Crippen molar-refractivity contribution in [1.82, 2.24) is 14.5 Å². The minimum absolute atomic E-state index is 0.386. The topological polar surface area (TPSA) is 69.7 Å². The number of hydrogen-bond acceptors (Lipinski definition) is 6.